The number of fused-ring (bicyclic) bond motifs is 1. The van der Waals surface area contributed by atoms with Gasteiger partial charge in [0, 0.05) is 36.3 Å². The van der Waals surface area contributed by atoms with Gasteiger partial charge in [-0.3, -0.25) is 0 Å². The van der Waals surface area contributed by atoms with Crippen molar-refractivity contribution in [2.45, 2.75) is 34.1 Å². The predicted molar refractivity (Wildman–Crippen MR) is 75.9 cm³/mol. The van der Waals surface area contributed by atoms with Crippen molar-refractivity contribution in [2.75, 3.05) is 11.9 Å². The van der Waals surface area contributed by atoms with Crippen LogP contribution in [0, 0.1) is 19.8 Å². The number of aromatic nitrogens is 3. The molecule has 1 unspecified atom stereocenters. The van der Waals surface area contributed by atoms with Crippen LogP contribution >= 0.6 is 0 Å². The fourth-order valence-corrected chi connectivity index (χ4v) is 2.07. The Labute approximate surface area is 108 Å². The molecule has 2 heterocycles. The van der Waals surface area contributed by atoms with Crippen LogP contribution < -0.4 is 5.32 Å². The molecule has 0 spiro atoms. The molecule has 4 heteroatoms. The van der Waals surface area contributed by atoms with E-state index in [4.69, 9.17) is 0 Å². The van der Waals surface area contributed by atoms with E-state index < -0.39 is 0 Å². The predicted octanol–water partition coefficient (Wildman–Crippen LogP) is 3.04. The van der Waals surface area contributed by atoms with E-state index in [9.17, 15) is 0 Å². The Bertz CT molecular complexity index is 556. The molecule has 0 aliphatic heterocycles. The smallest absolute Gasteiger partial charge is 0.158 e. The van der Waals surface area contributed by atoms with Crippen molar-refractivity contribution in [1.82, 2.24) is 14.8 Å². The summed E-state index contributed by atoms with van der Waals surface area (Å²) in [5, 5.41) is 14.4. The summed E-state index contributed by atoms with van der Waals surface area (Å²) in [6.45, 7) is 9.52. The summed E-state index contributed by atoms with van der Waals surface area (Å²) in [5.74, 6) is 1.56. The summed E-state index contributed by atoms with van der Waals surface area (Å²) in [7, 11) is 2.06. The lowest BCUT2D eigenvalue weighted by Gasteiger charge is -2.11. The minimum Gasteiger partial charge on any atom is -0.368 e. The molecular formula is C14H22N4. The van der Waals surface area contributed by atoms with E-state index in [1.165, 1.54) is 22.9 Å². The number of anilines is 1. The molecule has 1 atom stereocenters. The van der Waals surface area contributed by atoms with Crippen LogP contribution in [0.3, 0.4) is 0 Å². The molecule has 4 nitrogen and oxygen atoms in total. The SMILES string of the molecule is CCC(C)CNc1nnc(C)c2cn(C)c(C)c12. The number of hydrogen-bond acceptors (Lipinski definition) is 3. The van der Waals surface area contributed by atoms with Crippen LogP contribution in [0.15, 0.2) is 6.20 Å². The van der Waals surface area contributed by atoms with Crippen molar-refractivity contribution in [2.24, 2.45) is 13.0 Å². The van der Waals surface area contributed by atoms with Crippen molar-refractivity contribution in [3.63, 3.8) is 0 Å². The van der Waals surface area contributed by atoms with Gasteiger partial charge in [0.15, 0.2) is 5.82 Å². The third kappa shape index (κ3) is 2.19. The van der Waals surface area contributed by atoms with E-state index in [1.807, 2.05) is 6.92 Å². The maximum absolute atomic E-state index is 4.31. The number of rotatable bonds is 4. The van der Waals surface area contributed by atoms with Crippen LogP contribution in [0.5, 0.6) is 0 Å². The van der Waals surface area contributed by atoms with Crippen LogP contribution in [-0.4, -0.2) is 21.3 Å². The molecule has 0 aliphatic rings. The molecule has 2 rings (SSSR count). The highest BCUT2D eigenvalue weighted by molar-refractivity contribution is 5.95. The fraction of sp³-hybridized carbons (Fsp3) is 0.571. The minimum atomic E-state index is 0.646. The zero-order chi connectivity index (χ0) is 13.3. The summed E-state index contributed by atoms with van der Waals surface area (Å²) in [6, 6.07) is 0. The summed E-state index contributed by atoms with van der Waals surface area (Å²) < 4.78 is 2.13. The normalized spacial score (nSPS) is 12.9. The van der Waals surface area contributed by atoms with E-state index in [-0.39, 0.29) is 0 Å². The first-order valence-corrected chi connectivity index (χ1v) is 6.57. The second-order valence-corrected chi connectivity index (χ2v) is 5.14. The molecule has 18 heavy (non-hydrogen) atoms. The molecule has 1 N–H and O–H groups in total. The molecule has 0 radical (unpaired) electrons. The molecular weight excluding hydrogens is 224 g/mol. The van der Waals surface area contributed by atoms with Gasteiger partial charge in [0.1, 0.15) is 0 Å². The van der Waals surface area contributed by atoms with Gasteiger partial charge in [-0.05, 0) is 19.8 Å². The first-order chi connectivity index (χ1) is 8.54. The standard InChI is InChI=1S/C14H22N4/c1-6-9(2)7-15-14-13-11(4)18(5)8-12(13)10(3)16-17-14/h8-9H,6-7H2,1-5H3,(H,15,17). The molecule has 98 valence electrons. The molecule has 0 aliphatic carbocycles. The average Bonchev–Trinajstić information content (AvgIpc) is 2.66. The summed E-state index contributed by atoms with van der Waals surface area (Å²) >= 11 is 0. The molecule has 2 aromatic rings. The minimum absolute atomic E-state index is 0.646. The van der Waals surface area contributed by atoms with E-state index in [0.717, 1.165) is 18.1 Å². The van der Waals surface area contributed by atoms with Gasteiger partial charge in [-0.25, -0.2) is 0 Å². The van der Waals surface area contributed by atoms with Crippen molar-refractivity contribution >= 4 is 16.6 Å². The molecule has 0 saturated heterocycles. The maximum atomic E-state index is 4.31. The van der Waals surface area contributed by atoms with Crippen molar-refractivity contribution in [3.8, 4) is 0 Å². The number of aryl methyl sites for hydroxylation is 3. The average molecular weight is 246 g/mol. The topological polar surface area (TPSA) is 42.7 Å². The van der Waals surface area contributed by atoms with Crippen LogP contribution in [0.4, 0.5) is 5.82 Å². The third-order valence-electron chi connectivity index (χ3n) is 3.72. The van der Waals surface area contributed by atoms with Gasteiger partial charge in [-0.15, -0.1) is 5.10 Å². The molecule has 0 fully saturated rings. The van der Waals surface area contributed by atoms with Crippen LogP contribution in [-0.2, 0) is 7.05 Å². The lowest BCUT2D eigenvalue weighted by Crippen LogP contribution is -2.12. The van der Waals surface area contributed by atoms with Gasteiger partial charge >= 0.3 is 0 Å². The Morgan fingerprint density at radius 1 is 1.33 bits per heavy atom. The second kappa shape index (κ2) is 4.96. The Hall–Kier alpha value is -1.58. The highest BCUT2D eigenvalue weighted by atomic mass is 15.2. The number of hydrogen-bond donors (Lipinski definition) is 1. The lowest BCUT2D eigenvalue weighted by atomic mass is 10.1. The highest BCUT2D eigenvalue weighted by Gasteiger charge is 2.13. The summed E-state index contributed by atoms with van der Waals surface area (Å²) in [5.41, 5.74) is 2.22. The molecule has 0 amide bonds. The highest BCUT2D eigenvalue weighted by Crippen LogP contribution is 2.27. The quantitative estimate of drug-likeness (QED) is 0.901. The Kier molecular flexibility index (Phi) is 3.55. The Morgan fingerprint density at radius 3 is 2.72 bits per heavy atom. The monoisotopic (exact) mass is 246 g/mol. The first-order valence-electron chi connectivity index (χ1n) is 6.57. The first kappa shape index (κ1) is 12.9. The van der Waals surface area contributed by atoms with Gasteiger partial charge in [0.25, 0.3) is 0 Å². The van der Waals surface area contributed by atoms with E-state index >= 15 is 0 Å². The zero-order valence-corrected chi connectivity index (χ0v) is 11.9. The number of nitrogens with one attached hydrogen (secondary N) is 1. The van der Waals surface area contributed by atoms with Gasteiger partial charge < -0.3 is 9.88 Å². The van der Waals surface area contributed by atoms with Gasteiger partial charge in [0.05, 0.1) is 5.69 Å². The molecule has 0 bridgehead atoms. The van der Waals surface area contributed by atoms with E-state index in [2.05, 4.69) is 54.1 Å². The van der Waals surface area contributed by atoms with Crippen molar-refractivity contribution in [1.29, 1.82) is 0 Å². The van der Waals surface area contributed by atoms with Gasteiger partial charge in [-0.1, -0.05) is 20.3 Å². The van der Waals surface area contributed by atoms with Crippen molar-refractivity contribution in [3.05, 3.63) is 17.6 Å². The van der Waals surface area contributed by atoms with E-state index in [0.29, 0.717) is 5.92 Å². The summed E-state index contributed by atoms with van der Waals surface area (Å²) in [4.78, 5) is 0. The van der Waals surface area contributed by atoms with Crippen LogP contribution in [0.2, 0.25) is 0 Å². The van der Waals surface area contributed by atoms with Crippen LogP contribution in [0.1, 0.15) is 31.7 Å². The lowest BCUT2D eigenvalue weighted by molar-refractivity contribution is 0.592. The largest absolute Gasteiger partial charge is 0.368 e. The zero-order valence-electron chi connectivity index (χ0n) is 11.9. The van der Waals surface area contributed by atoms with Crippen LogP contribution in [0.25, 0.3) is 10.8 Å². The Morgan fingerprint density at radius 2 is 2.06 bits per heavy atom. The second-order valence-electron chi connectivity index (χ2n) is 5.14. The summed E-state index contributed by atoms with van der Waals surface area (Å²) in [6.07, 6.45) is 3.30. The van der Waals surface area contributed by atoms with Crippen molar-refractivity contribution < 1.29 is 0 Å². The molecule has 0 saturated carbocycles. The van der Waals surface area contributed by atoms with Gasteiger partial charge in [-0.2, -0.15) is 5.10 Å². The van der Waals surface area contributed by atoms with E-state index in [1.54, 1.807) is 0 Å². The Balaban J connectivity index is 2.42. The van der Waals surface area contributed by atoms with Gasteiger partial charge in [0.2, 0.25) is 0 Å². The third-order valence-corrected chi connectivity index (χ3v) is 3.72. The number of nitrogens with zero attached hydrogens (tertiary/aromatic N) is 3. The fourth-order valence-electron chi connectivity index (χ4n) is 2.07. The molecule has 0 aromatic carbocycles. The maximum Gasteiger partial charge on any atom is 0.158 e. The molecule has 2 aromatic heterocycles.